The van der Waals surface area contributed by atoms with Crippen molar-refractivity contribution >= 4 is 22.6 Å². The lowest BCUT2D eigenvalue weighted by atomic mass is 9.45. The lowest BCUT2D eigenvalue weighted by Gasteiger charge is -2.62. The smallest absolute Gasteiger partial charge is 0.174 e. The molecule has 1 spiro atoms. The van der Waals surface area contributed by atoms with Gasteiger partial charge in [-0.15, -0.1) is 0 Å². The summed E-state index contributed by atoms with van der Waals surface area (Å²) in [6, 6.07) is 0. The SMILES string of the molecule is C[C@]12CC[C@@](O)(I)C[C@@H]1CC[C@@H]1[C@@H]2CC[C@@]2(C)[C@H]1CCC21OCCO1. The van der Waals surface area contributed by atoms with Crippen LogP contribution in [0.15, 0.2) is 0 Å². The number of halogens is 1. The summed E-state index contributed by atoms with van der Waals surface area (Å²) in [5, 5.41) is 10.6. The molecular formula is C21H33IO3. The second-order valence-electron chi connectivity index (χ2n) is 10.2. The molecule has 1 N–H and O–H groups in total. The van der Waals surface area contributed by atoms with Crippen molar-refractivity contribution in [3.63, 3.8) is 0 Å². The van der Waals surface area contributed by atoms with Crippen LogP contribution in [0.3, 0.4) is 0 Å². The zero-order valence-electron chi connectivity index (χ0n) is 15.7. The maximum atomic E-state index is 10.6. The van der Waals surface area contributed by atoms with E-state index >= 15 is 0 Å². The maximum Gasteiger partial charge on any atom is 0.174 e. The van der Waals surface area contributed by atoms with Crippen LogP contribution in [0.25, 0.3) is 0 Å². The van der Waals surface area contributed by atoms with Crippen molar-refractivity contribution in [1.29, 1.82) is 0 Å². The third kappa shape index (κ3) is 2.32. The lowest BCUT2D eigenvalue weighted by Crippen LogP contribution is -2.57. The van der Waals surface area contributed by atoms with Gasteiger partial charge in [-0.05, 0) is 103 Å². The fourth-order valence-electron chi connectivity index (χ4n) is 8.09. The van der Waals surface area contributed by atoms with E-state index in [4.69, 9.17) is 9.47 Å². The molecule has 7 atom stereocenters. The van der Waals surface area contributed by atoms with Crippen LogP contribution in [0.1, 0.15) is 71.6 Å². The van der Waals surface area contributed by atoms with Crippen LogP contribution in [-0.4, -0.2) is 27.7 Å². The van der Waals surface area contributed by atoms with Crippen molar-refractivity contribution in [2.75, 3.05) is 13.2 Å². The fourth-order valence-corrected chi connectivity index (χ4v) is 8.89. The molecule has 0 unspecified atom stereocenters. The van der Waals surface area contributed by atoms with Gasteiger partial charge in [-0.25, -0.2) is 0 Å². The van der Waals surface area contributed by atoms with Crippen LogP contribution in [0, 0.1) is 34.5 Å². The second kappa shape index (κ2) is 5.57. The van der Waals surface area contributed by atoms with Gasteiger partial charge in [0.15, 0.2) is 5.79 Å². The summed E-state index contributed by atoms with van der Waals surface area (Å²) in [4.78, 5) is 0. The normalized spacial score (nSPS) is 57.1. The highest BCUT2D eigenvalue weighted by Gasteiger charge is 2.67. The molecule has 25 heavy (non-hydrogen) atoms. The van der Waals surface area contributed by atoms with E-state index in [1.807, 2.05) is 0 Å². The standard InChI is InChI=1S/C21H33IO3/c1-18-9-10-20(22,23)13-14(18)3-4-15-16(18)5-7-19(2)17(15)6-8-21(19)24-11-12-25-21/h14-17,23H,3-13H2,1-2H3/t14-,15+,16-,17-,18-,19-,20-/m0/s1. The highest BCUT2D eigenvalue weighted by Crippen LogP contribution is 2.70. The first kappa shape index (κ1) is 17.7. The second-order valence-corrected chi connectivity index (χ2v) is 12.2. The van der Waals surface area contributed by atoms with Crippen molar-refractivity contribution in [1.82, 2.24) is 0 Å². The summed E-state index contributed by atoms with van der Waals surface area (Å²) in [5.74, 6) is 2.89. The summed E-state index contributed by atoms with van der Waals surface area (Å²) < 4.78 is 12.1. The van der Waals surface area contributed by atoms with Gasteiger partial charge in [0.1, 0.15) is 3.61 Å². The molecule has 4 heteroatoms. The van der Waals surface area contributed by atoms with E-state index in [1.165, 1.54) is 38.5 Å². The van der Waals surface area contributed by atoms with Crippen LogP contribution in [0.2, 0.25) is 0 Å². The summed E-state index contributed by atoms with van der Waals surface area (Å²) in [6.45, 7) is 6.61. The van der Waals surface area contributed by atoms with E-state index < -0.39 is 3.61 Å². The zero-order chi connectivity index (χ0) is 17.5. The lowest BCUT2D eigenvalue weighted by molar-refractivity contribution is -0.248. The molecule has 0 radical (unpaired) electrons. The Balaban J connectivity index is 1.44. The fraction of sp³-hybridized carbons (Fsp3) is 1.00. The van der Waals surface area contributed by atoms with Crippen LogP contribution in [-0.2, 0) is 9.47 Å². The van der Waals surface area contributed by atoms with E-state index in [0.29, 0.717) is 11.3 Å². The van der Waals surface area contributed by atoms with Gasteiger partial charge < -0.3 is 14.6 Å². The maximum absolute atomic E-state index is 10.6. The molecule has 142 valence electrons. The van der Waals surface area contributed by atoms with E-state index in [2.05, 4.69) is 36.4 Å². The van der Waals surface area contributed by atoms with Gasteiger partial charge in [0, 0.05) is 11.8 Å². The number of alkyl halides is 1. The number of rotatable bonds is 0. The minimum absolute atomic E-state index is 0.215. The molecule has 0 bridgehead atoms. The average molecular weight is 460 g/mol. The molecular weight excluding hydrogens is 427 g/mol. The Kier molecular flexibility index (Phi) is 3.94. The van der Waals surface area contributed by atoms with Gasteiger partial charge in [-0.2, -0.15) is 0 Å². The highest BCUT2D eigenvalue weighted by atomic mass is 127. The Bertz CT molecular complexity index is 557. The summed E-state index contributed by atoms with van der Waals surface area (Å²) in [5.41, 5.74) is 0.654. The first-order valence-electron chi connectivity index (χ1n) is 10.5. The Hall–Kier alpha value is 0.610. The van der Waals surface area contributed by atoms with Crippen LogP contribution < -0.4 is 0 Å². The Morgan fingerprint density at radius 1 is 0.880 bits per heavy atom. The first-order valence-corrected chi connectivity index (χ1v) is 11.6. The molecule has 0 aromatic rings. The third-order valence-electron chi connectivity index (χ3n) is 9.47. The highest BCUT2D eigenvalue weighted by molar-refractivity contribution is 14.1. The van der Waals surface area contributed by atoms with Crippen molar-refractivity contribution in [3.05, 3.63) is 0 Å². The van der Waals surface area contributed by atoms with E-state index in [9.17, 15) is 5.11 Å². The first-order chi connectivity index (χ1) is 11.8. The van der Waals surface area contributed by atoms with Crippen molar-refractivity contribution < 1.29 is 14.6 Å². The number of aliphatic hydroxyl groups is 1. The Morgan fingerprint density at radius 2 is 1.60 bits per heavy atom. The number of ether oxygens (including phenoxy) is 2. The minimum atomic E-state index is -0.457. The molecule has 5 aliphatic rings. The van der Waals surface area contributed by atoms with Gasteiger partial charge in [0.25, 0.3) is 0 Å². The summed E-state index contributed by atoms with van der Waals surface area (Å²) in [7, 11) is 0. The number of hydrogen-bond donors (Lipinski definition) is 1. The monoisotopic (exact) mass is 460 g/mol. The molecule has 0 aromatic carbocycles. The van der Waals surface area contributed by atoms with Gasteiger partial charge >= 0.3 is 0 Å². The van der Waals surface area contributed by atoms with Gasteiger partial charge in [0.2, 0.25) is 0 Å². The molecule has 0 aromatic heterocycles. The molecule has 1 saturated heterocycles. The third-order valence-corrected chi connectivity index (χ3v) is 10.4. The summed E-state index contributed by atoms with van der Waals surface area (Å²) in [6.07, 6.45) is 10.8. The van der Waals surface area contributed by atoms with Crippen LogP contribution in [0.5, 0.6) is 0 Å². The van der Waals surface area contributed by atoms with Crippen molar-refractivity contribution in [2.45, 2.75) is 81.0 Å². The van der Waals surface area contributed by atoms with Gasteiger partial charge in [0.05, 0.1) is 13.2 Å². The van der Waals surface area contributed by atoms with Crippen LogP contribution >= 0.6 is 22.6 Å². The van der Waals surface area contributed by atoms with Crippen molar-refractivity contribution in [3.8, 4) is 0 Å². The zero-order valence-corrected chi connectivity index (χ0v) is 17.9. The van der Waals surface area contributed by atoms with E-state index in [1.54, 1.807) is 0 Å². The molecule has 5 fully saturated rings. The van der Waals surface area contributed by atoms with Crippen LogP contribution in [0.4, 0.5) is 0 Å². The molecule has 5 rings (SSSR count). The Labute approximate surface area is 165 Å². The number of hydrogen-bond acceptors (Lipinski definition) is 3. The molecule has 3 nitrogen and oxygen atoms in total. The predicted octanol–water partition coefficient (Wildman–Crippen LogP) is 4.90. The predicted molar refractivity (Wildman–Crippen MR) is 105 cm³/mol. The number of fused-ring (bicyclic) bond motifs is 6. The molecule has 1 aliphatic heterocycles. The Morgan fingerprint density at radius 3 is 2.36 bits per heavy atom. The molecule has 4 saturated carbocycles. The summed E-state index contributed by atoms with van der Waals surface area (Å²) >= 11 is 2.31. The minimum Gasteiger partial charge on any atom is -0.380 e. The molecule has 4 aliphatic carbocycles. The average Bonchev–Trinajstić information content (AvgIpc) is 3.15. The largest absolute Gasteiger partial charge is 0.380 e. The quantitative estimate of drug-likeness (QED) is 0.413. The molecule has 1 heterocycles. The van der Waals surface area contributed by atoms with E-state index in [0.717, 1.165) is 50.2 Å². The topological polar surface area (TPSA) is 38.7 Å². The van der Waals surface area contributed by atoms with E-state index in [-0.39, 0.29) is 11.2 Å². The molecule has 0 amide bonds. The van der Waals surface area contributed by atoms with Crippen molar-refractivity contribution in [2.24, 2.45) is 34.5 Å². The van der Waals surface area contributed by atoms with Gasteiger partial charge in [-0.3, -0.25) is 0 Å². The van der Waals surface area contributed by atoms with Gasteiger partial charge in [-0.1, -0.05) is 13.8 Å².